The smallest absolute Gasteiger partial charge is 0.323 e. The molecule has 2 saturated heterocycles. The first-order valence-electron chi connectivity index (χ1n) is 7.86. The Kier molecular flexibility index (Phi) is 3.68. The number of urea groups is 1. The van der Waals surface area contributed by atoms with Gasteiger partial charge in [0.1, 0.15) is 5.54 Å². The van der Waals surface area contributed by atoms with Gasteiger partial charge in [0, 0.05) is 17.8 Å². The van der Waals surface area contributed by atoms with Gasteiger partial charge in [0.2, 0.25) is 0 Å². The molecule has 7 nitrogen and oxygen atoms in total. The SMILES string of the molecule is CCn1nc(C)c(CN2C(=O)NC3(CCNCC3)C2=O)c1C. The first kappa shape index (κ1) is 15.0. The Morgan fingerprint density at radius 2 is 1.91 bits per heavy atom. The minimum atomic E-state index is -0.703. The molecule has 1 aromatic rings. The first-order chi connectivity index (χ1) is 10.5. The van der Waals surface area contributed by atoms with E-state index in [0.717, 1.165) is 36.6 Å². The van der Waals surface area contributed by atoms with E-state index in [9.17, 15) is 9.59 Å². The number of hydrogen-bond acceptors (Lipinski definition) is 4. The normalized spacial score (nSPS) is 20.8. The van der Waals surface area contributed by atoms with Gasteiger partial charge < -0.3 is 10.6 Å². The van der Waals surface area contributed by atoms with Gasteiger partial charge in [-0.15, -0.1) is 0 Å². The van der Waals surface area contributed by atoms with Crippen molar-refractivity contribution in [2.75, 3.05) is 13.1 Å². The van der Waals surface area contributed by atoms with Gasteiger partial charge in [-0.05, 0) is 46.7 Å². The van der Waals surface area contributed by atoms with Crippen molar-refractivity contribution in [2.45, 2.75) is 52.2 Å². The van der Waals surface area contributed by atoms with Gasteiger partial charge in [-0.1, -0.05) is 0 Å². The van der Waals surface area contributed by atoms with Gasteiger partial charge >= 0.3 is 6.03 Å². The van der Waals surface area contributed by atoms with Gasteiger partial charge in [0.05, 0.1) is 12.2 Å². The Bertz CT molecular complexity index is 616. The summed E-state index contributed by atoms with van der Waals surface area (Å²) in [7, 11) is 0. The zero-order chi connectivity index (χ0) is 15.9. The maximum Gasteiger partial charge on any atom is 0.325 e. The highest BCUT2D eigenvalue weighted by atomic mass is 16.2. The van der Waals surface area contributed by atoms with Crippen LogP contribution in [0.2, 0.25) is 0 Å². The van der Waals surface area contributed by atoms with E-state index in [1.54, 1.807) is 0 Å². The molecule has 2 N–H and O–H groups in total. The molecule has 0 aliphatic carbocycles. The van der Waals surface area contributed by atoms with Crippen molar-refractivity contribution in [1.82, 2.24) is 25.3 Å². The van der Waals surface area contributed by atoms with E-state index in [2.05, 4.69) is 15.7 Å². The minimum absolute atomic E-state index is 0.0953. The molecule has 1 spiro atoms. The summed E-state index contributed by atoms with van der Waals surface area (Å²) < 4.78 is 1.91. The van der Waals surface area contributed by atoms with Crippen LogP contribution < -0.4 is 10.6 Å². The van der Waals surface area contributed by atoms with Crippen LogP contribution >= 0.6 is 0 Å². The average Bonchev–Trinajstić information content (AvgIpc) is 2.90. The van der Waals surface area contributed by atoms with Crippen LogP contribution in [0.25, 0.3) is 0 Å². The predicted molar refractivity (Wildman–Crippen MR) is 81.3 cm³/mol. The predicted octanol–water partition coefficient (Wildman–Crippen LogP) is 0.694. The van der Waals surface area contributed by atoms with Crippen molar-refractivity contribution in [1.29, 1.82) is 0 Å². The van der Waals surface area contributed by atoms with Crippen molar-refractivity contribution in [2.24, 2.45) is 0 Å². The summed E-state index contributed by atoms with van der Waals surface area (Å²) in [6.45, 7) is 8.53. The topological polar surface area (TPSA) is 79.3 Å². The summed E-state index contributed by atoms with van der Waals surface area (Å²) in [5, 5.41) is 10.6. The molecule has 2 aliphatic heterocycles. The Labute approximate surface area is 130 Å². The van der Waals surface area contributed by atoms with Crippen LogP contribution in [-0.2, 0) is 17.9 Å². The highest BCUT2D eigenvalue weighted by Gasteiger charge is 2.51. The molecular weight excluding hydrogens is 282 g/mol. The van der Waals surface area contributed by atoms with Gasteiger partial charge in [-0.3, -0.25) is 14.4 Å². The lowest BCUT2D eigenvalue weighted by Gasteiger charge is -2.31. The number of hydrogen-bond donors (Lipinski definition) is 2. The third kappa shape index (κ3) is 2.20. The Morgan fingerprint density at radius 1 is 1.23 bits per heavy atom. The number of rotatable bonds is 3. The number of aromatic nitrogens is 2. The molecule has 3 rings (SSSR count). The molecule has 2 aliphatic rings. The van der Waals surface area contributed by atoms with Gasteiger partial charge in [0.25, 0.3) is 5.91 Å². The summed E-state index contributed by atoms with van der Waals surface area (Å²) in [5.41, 5.74) is 2.17. The van der Waals surface area contributed by atoms with Crippen LogP contribution in [0.15, 0.2) is 0 Å². The number of carbonyl (C=O) groups is 2. The molecule has 2 fully saturated rings. The van der Waals surface area contributed by atoms with Crippen LogP contribution in [0.1, 0.15) is 36.7 Å². The highest BCUT2D eigenvalue weighted by molar-refractivity contribution is 6.07. The molecule has 22 heavy (non-hydrogen) atoms. The van der Waals surface area contributed by atoms with E-state index in [1.165, 1.54) is 4.90 Å². The second-order valence-electron chi connectivity index (χ2n) is 6.12. The quantitative estimate of drug-likeness (QED) is 0.806. The van der Waals surface area contributed by atoms with Crippen molar-refractivity contribution in [3.63, 3.8) is 0 Å². The minimum Gasteiger partial charge on any atom is -0.323 e. The fourth-order valence-corrected chi connectivity index (χ4v) is 3.44. The maximum atomic E-state index is 12.8. The number of carbonyl (C=O) groups excluding carboxylic acids is 2. The summed E-state index contributed by atoms with van der Waals surface area (Å²) in [6, 6.07) is -0.282. The molecule has 3 amide bonds. The Morgan fingerprint density at radius 3 is 2.50 bits per heavy atom. The Hall–Kier alpha value is -1.89. The van der Waals surface area contributed by atoms with Gasteiger partial charge in [0.15, 0.2) is 0 Å². The Balaban J connectivity index is 1.85. The number of nitrogens with zero attached hydrogens (tertiary/aromatic N) is 3. The monoisotopic (exact) mass is 305 g/mol. The standard InChI is InChI=1S/C15H23N5O2/c1-4-20-11(3)12(10(2)18-20)9-19-13(21)15(17-14(19)22)5-7-16-8-6-15/h16H,4-9H2,1-3H3,(H,17,22). The van der Waals surface area contributed by atoms with E-state index in [1.807, 2.05) is 25.5 Å². The lowest BCUT2D eigenvalue weighted by molar-refractivity contribution is -0.132. The van der Waals surface area contributed by atoms with Crippen LogP contribution in [-0.4, -0.2) is 45.2 Å². The second-order valence-corrected chi connectivity index (χ2v) is 6.12. The molecule has 0 radical (unpaired) electrons. The third-order valence-corrected chi connectivity index (χ3v) is 4.85. The summed E-state index contributed by atoms with van der Waals surface area (Å²) in [6.07, 6.45) is 1.31. The van der Waals surface area contributed by atoms with Gasteiger partial charge in [-0.25, -0.2) is 4.79 Å². The second kappa shape index (κ2) is 5.39. The summed E-state index contributed by atoms with van der Waals surface area (Å²) in [5.74, 6) is -0.0953. The molecule has 120 valence electrons. The van der Waals surface area contributed by atoms with E-state index in [4.69, 9.17) is 0 Å². The van der Waals surface area contributed by atoms with E-state index < -0.39 is 5.54 Å². The van der Waals surface area contributed by atoms with Crippen molar-refractivity contribution >= 4 is 11.9 Å². The molecule has 1 aromatic heterocycles. The lowest BCUT2D eigenvalue weighted by atomic mass is 9.88. The molecule has 0 saturated carbocycles. The van der Waals surface area contributed by atoms with E-state index in [0.29, 0.717) is 19.4 Å². The van der Waals surface area contributed by atoms with Crippen LogP contribution in [0.4, 0.5) is 4.79 Å². The lowest BCUT2D eigenvalue weighted by Crippen LogP contribution is -2.53. The maximum absolute atomic E-state index is 12.8. The van der Waals surface area contributed by atoms with Crippen molar-refractivity contribution in [3.8, 4) is 0 Å². The molecule has 0 unspecified atom stereocenters. The number of amides is 3. The molecular formula is C15H23N5O2. The van der Waals surface area contributed by atoms with E-state index in [-0.39, 0.29) is 11.9 Å². The first-order valence-corrected chi connectivity index (χ1v) is 7.86. The molecule has 3 heterocycles. The van der Waals surface area contributed by atoms with Crippen molar-refractivity contribution < 1.29 is 9.59 Å². The molecule has 0 bridgehead atoms. The number of nitrogens with one attached hydrogen (secondary N) is 2. The molecule has 7 heteroatoms. The highest BCUT2D eigenvalue weighted by Crippen LogP contribution is 2.29. The zero-order valence-corrected chi connectivity index (χ0v) is 13.4. The number of aryl methyl sites for hydroxylation is 2. The summed E-state index contributed by atoms with van der Waals surface area (Å²) >= 11 is 0. The van der Waals surface area contributed by atoms with Crippen LogP contribution in [0.3, 0.4) is 0 Å². The van der Waals surface area contributed by atoms with Gasteiger partial charge in [-0.2, -0.15) is 5.10 Å². The molecule has 0 atom stereocenters. The average molecular weight is 305 g/mol. The third-order valence-electron chi connectivity index (χ3n) is 4.85. The van der Waals surface area contributed by atoms with Crippen LogP contribution in [0.5, 0.6) is 0 Å². The number of piperidine rings is 1. The largest absolute Gasteiger partial charge is 0.325 e. The fourth-order valence-electron chi connectivity index (χ4n) is 3.44. The zero-order valence-electron chi connectivity index (χ0n) is 13.4. The van der Waals surface area contributed by atoms with Crippen LogP contribution in [0, 0.1) is 13.8 Å². The van der Waals surface area contributed by atoms with E-state index >= 15 is 0 Å². The van der Waals surface area contributed by atoms with Crippen molar-refractivity contribution in [3.05, 3.63) is 17.0 Å². The number of imide groups is 1. The molecule has 0 aromatic carbocycles. The fraction of sp³-hybridized carbons (Fsp3) is 0.667. The summed E-state index contributed by atoms with van der Waals surface area (Å²) in [4.78, 5) is 26.4.